The molecule has 0 spiro atoms. The number of carbonyl (C=O) groups is 3. The lowest BCUT2D eigenvalue weighted by Crippen LogP contribution is -2.49. The Morgan fingerprint density at radius 3 is 2.21 bits per heavy atom. The molecule has 2 bridgehead atoms. The summed E-state index contributed by atoms with van der Waals surface area (Å²) in [6.07, 6.45) is 5.76. The van der Waals surface area contributed by atoms with Crippen LogP contribution >= 0.6 is 0 Å². The van der Waals surface area contributed by atoms with Crippen LogP contribution in [0.3, 0.4) is 0 Å². The van der Waals surface area contributed by atoms with Gasteiger partial charge in [0.15, 0.2) is 0 Å². The van der Waals surface area contributed by atoms with Gasteiger partial charge in [-0.3, -0.25) is 19.3 Å². The van der Waals surface area contributed by atoms with Gasteiger partial charge in [0.05, 0.1) is 11.8 Å². The minimum absolute atomic E-state index is 0.144. The highest BCUT2D eigenvalue weighted by Crippen LogP contribution is 2.65. The second kappa shape index (κ2) is 7.41. The number of carbonyl (C=O) groups excluding carboxylic acids is 3. The summed E-state index contributed by atoms with van der Waals surface area (Å²) in [6.45, 7) is 3.96. The minimum atomic E-state index is -0.867. The third-order valence-electron chi connectivity index (χ3n) is 8.45. The molecule has 2 saturated carbocycles. The molecule has 4 aliphatic carbocycles. The number of hydrogen-bond donors (Lipinski definition) is 1. The summed E-state index contributed by atoms with van der Waals surface area (Å²) in [4.78, 5) is 42.4. The Labute approximate surface area is 193 Å². The molecule has 5 nitrogen and oxygen atoms in total. The van der Waals surface area contributed by atoms with Crippen LogP contribution in [0.25, 0.3) is 0 Å². The van der Waals surface area contributed by atoms with Crippen LogP contribution < -0.4 is 5.32 Å². The van der Waals surface area contributed by atoms with E-state index < -0.39 is 6.04 Å². The van der Waals surface area contributed by atoms with Crippen molar-refractivity contribution in [2.45, 2.75) is 32.7 Å². The van der Waals surface area contributed by atoms with Crippen molar-refractivity contribution in [2.75, 3.05) is 5.32 Å². The van der Waals surface area contributed by atoms with Crippen molar-refractivity contribution in [3.63, 3.8) is 0 Å². The number of nitrogens with one attached hydrogen (secondary N) is 1. The number of hydrogen-bond acceptors (Lipinski definition) is 3. The zero-order chi connectivity index (χ0) is 22.9. The molecule has 33 heavy (non-hydrogen) atoms. The minimum Gasteiger partial charge on any atom is -0.324 e. The molecular weight excluding hydrogens is 412 g/mol. The van der Waals surface area contributed by atoms with E-state index in [2.05, 4.69) is 17.5 Å². The predicted molar refractivity (Wildman–Crippen MR) is 125 cm³/mol. The van der Waals surface area contributed by atoms with Gasteiger partial charge in [0, 0.05) is 12.1 Å². The Kier molecular flexibility index (Phi) is 4.58. The molecular formula is C28H28N2O3. The fraction of sp³-hybridized carbons (Fsp3) is 0.393. The molecule has 168 valence electrons. The summed E-state index contributed by atoms with van der Waals surface area (Å²) in [7, 11) is 0. The average Bonchev–Trinajstić information content (AvgIpc) is 3.60. The smallest absolute Gasteiger partial charge is 0.248 e. The third-order valence-corrected chi connectivity index (χ3v) is 8.45. The van der Waals surface area contributed by atoms with Crippen LogP contribution in [-0.2, 0) is 20.8 Å². The van der Waals surface area contributed by atoms with Gasteiger partial charge in [0.1, 0.15) is 6.04 Å². The molecule has 1 heterocycles. The van der Waals surface area contributed by atoms with Crippen molar-refractivity contribution in [1.82, 2.24) is 4.90 Å². The molecule has 5 aliphatic rings. The summed E-state index contributed by atoms with van der Waals surface area (Å²) in [5.41, 5.74) is 3.71. The van der Waals surface area contributed by atoms with Crippen molar-refractivity contribution in [2.24, 2.45) is 35.5 Å². The standard InChI is InChI=1S/C28H28N2O3/c1-15-7-6-10-22(16(15)2)29-26(31)23(13-17-8-4-3-5-9-17)30-27(32)24-18-11-12-19(21-14-20(18)21)25(24)28(30)33/h3-12,18-21,23-25H,13-14H2,1-2H3,(H,29,31)/t18-,19-,20-,21-,23-,24-,25+/m1/s1. The number of imide groups is 1. The van der Waals surface area contributed by atoms with E-state index >= 15 is 0 Å². The second-order valence-corrected chi connectivity index (χ2v) is 10.1. The van der Waals surface area contributed by atoms with Gasteiger partial charge in [0.25, 0.3) is 0 Å². The first-order valence-corrected chi connectivity index (χ1v) is 11.9. The number of rotatable bonds is 5. The van der Waals surface area contributed by atoms with Gasteiger partial charge in [0.2, 0.25) is 17.7 Å². The topological polar surface area (TPSA) is 66.5 Å². The quantitative estimate of drug-likeness (QED) is 0.566. The van der Waals surface area contributed by atoms with Gasteiger partial charge in [-0.25, -0.2) is 0 Å². The van der Waals surface area contributed by atoms with Crippen molar-refractivity contribution >= 4 is 23.4 Å². The van der Waals surface area contributed by atoms with Gasteiger partial charge in [-0.15, -0.1) is 0 Å². The van der Waals surface area contributed by atoms with Crippen molar-refractivity contribution < 1.29 is 14.4 Å². The zero-order valence-corrected chi connectivity index (χ0v) is 18.9. The SMILES string of the molecule is Cc1cccc(NC(=O)[C@@H](Cc2ccccc2)N2C(=O)[C@@H]3[C@@H]4C=C[C@H]([C@H]5C[C@H]45)[C@@H]3C2=O)c1C. The van der Waals surface area contributed by atoms with E-state index in [1.165, 1.54) is 4.90 Å². The van der Waals surface area contributed by atoms with Gasteiger partial charge < -0.3 is 5.32 Å². The fourth-order valence-corrected chi connectivity index (χ4v) is 6.53. The second-order valence-electron chi connectivity index (χ2n) is 10.1. The van der Waals surface area contributed by atoms with E-state index in [1.54, 1.807) is 0 Å². The number of anilines is 1. The number of aryl methyl sites for hydroxylation is 1. The summed E-state index contributed by atoms with van der Waals surface area (Å²) in [5.74, 6) is 0.128. The lowest BCUT2D eigenvalue weighted by Gasteiger charge is -2.37. The number of nitrogens with zero attached hydrogens (tertiary/aromatic N) is 1. The molecule has 1 aliphatic heterocycles. The Balaban J connectivity index is 1.34. The van der Waals surface area contributed by atoms with E-state index in [1.807, 2.05) is 62.4 Å². The molecule has 2 aromatic rings. The van der Waals surface area contributed by atoms with Crippen LogP contribution in [0.2, 0.25) is 0 Å². The molecule has 2 aromatic carbocycles. The summed E-state index contributed by atoms with van der Waals surface area (Å²) >= 11 is 0. The van der Waals surface area contributed by atoms with Crippen LogP contribution in [0.4, 0.5) is 5.69 Å². The van der Waals surface area contributed by atoms with Crippen molar-refractivity contribution in [3.8, 4) is 0 Å². The van der Waals surface area contributed by atoms with Crippen LogP contribution in [-0.4, -0.2) is 28.7 Å². The molecule has 3 fully saturated rings. The molecule has 1 saturated heterocycles. The lowest BCUT2D eigenvalue weighted by molar-refractivity contribution is -0.146. The van der Waals surface area contributed by atoms with Crippen LogP contribution in [0, 0.1) is 49.4 Å². The molecule has 1 N–H and O–H groups in total. The Hall–Kier alpha value is -3.21. The zero-order valence-electron chi connectivity index (χ0n) is 18.9. The average molecular weight is 441 g/mol. The number of benzene rings is 2. The molecule has 0 radical (unpaired) electrons. The Morgan fingerprint density at radius 1 is 0.939 bits per heavy atom. The maximum atomic E-state index is 13.7. The Bertz CT molecular complexity index is 1150. The highest BCUT2D eigenvalue weighted by Gasteiger charge is 2.67. The van der Waals surface area contributed by atoms with Gasteiger partial charge >= 0.3 is 0 Å². The van der Waals surface area contributed by atoms with E-state index in [0.29, 0.717) is 18.3 Å². The molecule has 3 amide bonds. The number of allylic oxidation sites excluding steroid dienone is 2. The third kappa shape index (κ3) is 3.09. The maximum Gasteiger partial charge on any atom is 0.248 e. The summed E-state index contributed by atoms with van der Waals surface area (Å²) < 4.78 is 0. The summed E-state index contributed by atoms with van der Waals surface area (Å²) in [5, 5.41) is 3.03. The first-order chi connectivity index (χ1) is 16.0. The van der Waals surface area contributed by atoms with E-state index in [0.717, 1.165) is 28.8 Å². The van der Waals surface area contributed by atoms with E-state index in [4.69, 9.17) is 0 Å². The lowest BCUT2D eigenvalue weighted by atomic mass is 9.63. The molecule has 5 heteroatoms. The number of amides is 3. The highest BCUT2D eigenvalue weighted by atomic mass is 16.2. The van der Waals surface area contributed by atoms with Crippen molar-refractivity contribution in [1.29, 1.82) is 0 Å². The molecule has 7 rings (SSSR count). The van der Waals surface area contributed by atoms with Gasteiger partial charge in [-0.2, -0.15) is 0 Å². The van der Waals surface area contributed by atoms with Crippen LogP contribution in [0.5, 0.6) is 0 Å². The predicted octanol–water partition coefficient (Wildman–Crippen LogP) is 3.91. The molecule has 7 atom stereocenters. The summed E-state index contributed by atoms with van der Waals surface area (Å²) in [6, 6.07) is 14.5. The van der Waals surface area contributed by atoms with Gasteiger partial charge in [-0.1, -0.05) is 54.6 Å². The maximum absolute atomic E-state index is 13.7. The first kappa shape index (κ1) is 20.4. The molecule has 0 unspecified atom stereocenters. The van der Waals surface area contributed by atoms with Gasteiger partial charge in [-0.05, 0) is 66.7 Å². The van der Waals surface area contributed by atoms with E-state index in [-0.39, 0.29) is 41.4 Å². The normalized spacial score (nSPS) is 31.9. The van der Waals surface area contributed by atoms with Crippen LogP contribution in [0.1, 0.15) is 23.1 Å². The van der Waals surface area contributed by atoms with Crippen molar-refractivity contribution in [3.05, 3.63) is 77.4 Å². The number of likely N-dealkylation sites (tertiary alicyclic amines) is 1. The van der Waals surface area contributed by atoms with Crippen LogP contribution in [0.15, 0.2) is 60.7 Å². The Morgan fingerprint density at radius 2 is 1.58 bits per heavy atom. The highest BCUT2D eigenvalue weighted by molar-refractivity contribution is 6.11. The first-order valence-electron chi connectivity index (χ1n) is 11.9. The molecule has 0 aromatic heterocycles. The monoisotopic (exact) mass is 440 g/mol. The van der Waals surface area contributed by atoms with E-state index in [9.17, 15) is 14.4 Å². The largest absolute Gasteiger partial charge is 0.324 e. The fourth-order valence-electron chi connectivity index (χ4n) is 6.53.